The number of hydrogen-bond donors (Lipinski definition) is 5. The van der Waals surface area contributed by atoms with Gasteiger partial charge in [0, 0.05) is 81.0 Å². The number of aromatic amines is 1. The monoisotopic (exact) mass is 870 g/mol. The van der Waals surface area contributed by atoms with Gasteiger partial charge in [0.1, 0.15) is 34.7 Å². The summed E-state index contributed by atoms with van der Waals surface area (Å²) in [6, 6.07) is 6.11. The third-order valence-corrected chi connectivity index (χ3v) is 14.2. The van der Waals surface area contributed by atoms with Crippen molar-refractivity contribution in [2.45, 2.75) is 108 Å². The average Bonchev–Trinajstić information content (AvgIpc) is 3.96. The number of rotatable bonds is 15. The number of nitrogens with zero attached hydrogens (tertiary/aromatic N) is 1. The lowest BCUT2D eigenvalue weighted by Gasteiger charge is -2.44. The molecule has 63 heavy (non-hydrogen) atoms. The number of aromatic nitrogens is 1. The van der Waals surface area contributed by atoms with E-state index in [-0.39, 0.29) is 91.7 Å². The molecule has 14 heteroatoms. The number of aliphatic hydroxyl groups is 4. The van der Waals surface area contributed by atoms with Gasteiger partial charge in [-0.1, -0.05) is 5.57 Å². The molecule has 14 nitrogen and oxygen atoms in total. The van der Waals surface area contributed by atoms with Crippen LogP contribution in [0.25, 0.3) is 16.5 Å². The van der Waals surface area contributed by atoms with Crippen molar-refractivity contribution < 1.29 is 58.5 Å². The number of likely N-dealkylation sites (tertiary alicyclic amines) is 1. The molecule has 340 valence electrons. The minimum absolute atomic E-state index is 0.0112. The second-order valence-electron chi connectivity index (χ2n) is 17.8. The molecule has 1 aliphatic carbocycles. The largest absolute Gasteiger partial charge is 0.492 e. The van der Waals surface area contributed by atoms with Crippen LogP contribution in [0.2, 0.25) is 0 Å². The lowest BCUT2D eigenvalue weighted by molar-refractivity contribution is -0.141. The Bertz CT molecular complexity index is 2250. The number of unbranched alkanes of at least 4 members (excludes halogenated alkanes) is 1. The summed E-state index contributed by atoms with van der Waals surface area (Å²) in [5.74, 6) is -1.49. The summed E-state index contributed by atoms with van der Waals surface area (Å²) in [7, 11) is 1.70. The minimum Gasteiger partial charge on any atom is -0.492 e. The normalized spacial score (nSPS) is 23.8. The van der Waals surface area contributed by atoms with Crippen LogP contribution in [0, 0.1) is 11.8 Å². The molecule has 2 fully saturated rings. The molecule has 2 aromatic carbocycles. The van der Waals surface area contributed by atoms with Gasteiger partial charge in [-0.25, -0.2) is 4.79 Å². The molecule has 5 N–H and O–H groups in total. The van der Waals surface area contributed by atoms with Crippen LogP contribution in [0.4, 0.5) is 0 Å². The number of esters is 1. The molecule has 1 saturated heterocycles. The first-order valence-electron chi connectivity index (χ1n) is 22.8. The zero-order chi connectivity index (χ0) is 44.3. The first-order valence-corrected chi connectivity index (χ1v) is 22.8. The molecule has 4 atom stereocenters. The van der Waals surface area contributed by atoms with Crippen LogP contribution < -0.4 is 14.2 Å². The molecule has 2 bridgehead atoms. The number of aryl methyl sites for hydroxylation is 1. The van der Waals surface area contributed by atoms with Gasteiger partial charge in [-0.3, -0.25) is 9.59 Å². The van der Waals surface area contributed by atoms with Crippen molar-refractivity contribution in [3.63, 3.8) is 0 Å². The number of carbonyl (C=O) groups is 3. The Kier molecular flexibility index (Phi) is 14.1. The Balaban J connectivity index is 1.29. The summed E-state index contributed by atoms with van der Waals surface area (Å²) in [6.45, 7) is 4.14. The van der Waals surface area contributed by atoms with E-state index < -0.39 is 30.2 Å². The second-order valence-corrected chi connectivity index (χ2v) is 17.8. The van der Waals surface area contributed by atoms with Gasteiger partial charge in [-0.15, -0.1) is 0 Å². The van der Waals surface area contributed by atoms with Crippen LogP contribution >= 0.6 is 0 Å². The zero-order valence-electron chi connectivity index (χ0n) is 36.5. The Hall–Kier alpha value is -4.57. The van der Waals surface area contributed by atoms with Crippen LogP contribution in [0.1, 0.15) is 105 Å². The first-order chi connectivity index (χ1) is 30.7. The van der Waals surface area contributed by atoms with Crippen molar-refractivity contribution >= 4 is 34.5 Å². The Labute approximate surface area is 368 Å². The second kappa shape index (κ2) is 19.7. The number of nitrogens with one attached hydrogen (secondary N) is 1. The average molecular weight is 871 g/mol. The fourth-order valence-corrected chi connectivity index (χ4v) is 10.8. The first kappa shape index (κ1) is 45.0. The van der Waals surface area contributed by atoms with Gasteiger partial charge in [-0.05, 0) is 125 Å². The standard InChI is InChI=1S/C49H62N2O12/c1-3-60-48(57)47-37(26-54)42-32-9-10-40(56)35(22-32)34-21-31-11-15-50-39(31)23-30(34)8-7-29(25-53)28-61-45-36-24-41(62-44(36)38(27-55)46(63-47)43(42)45)49(58,14-4-5-19-52)33-12-17-51(18-13-33)16-6-20-59-2/h11,15,21,23,26,29,33,35,41,50,52-53,55,58H,3-10,12-14,16-20,22,24-25,27-28H2,1-2H3/b42-32-/t29-,35+,41-,49+/m0/s1. The Morgan fingerprint density at radius 2 is 1.86 bits per heavy atom. The fraction of sp³-hybridized carbons (Fsp3) is 0.571. The van der Waals surface area contributed by atoms with Crippen molar-refractivity contribution in [2.24, 2.45) is 11.8 Å². The topological polar surface area (TPSA) is 197 Å². The molecular formula is C49H62N2O12. The molecule has 1 aromatic heterocycles. The van der Waals surface area contributed by atoms with Gasteiger partial charge < -0.3 is 54.0 Å². The van der Waals surface area contributed by atoms with Crippen LogP contribution in [0.5, 0.6) is 17.2 Å². The maximum Gasteiger partial charge on any atom is 0.375 e. The summed E-state index contributed by atoms with van der Waals surface area (Å²) in [5.41, 5.74) is 3.77. The molecule has 8 rings (SSSR count). The highest BCUT2D eigenvalue weighted by molar-refractivity contribution is 6.11. The number of piperidine rings is 1. The molecular weight excluding hydrogens is 809 g/mol. The van der Waals surface area contributed by atoms with E-state index in [9.17, 15) is 34.8 Å². The number of aliphatic hydroxyl groups excluding tert-OH is 3. The highest BCUT2D eigenvalue weighted by atomic mass is 16.6. The lowest BCUT2D eigenvalue weighted by atomic mass is 9.72. The van der Waals surface area contributed by atoms with Gasteiger partial charge >= 0.3 is 5.97 Å². The third kappa shape index (κ3) is 8.70. The maximum atomic E-state index is 14.1. The fourth-order valence-electron chi connectivity index (χ4n) is 10.8. The number of fused-ring (bicyclic) bond motifs is 7. The van der Waals surface area contributed by atoms with E-state index in [1.165, 1.54) is 0 Å². The number of aldehydes is 1. The highest BCUT2D eigenvalue weighted by Crippen LogP contribution is 2.57. The van der Waals surface area contributed by atoms with Crippen molar-refractivity contribution in [3.8, 4) is 17.2 Å². The minimum atomic E-state index is -1.33. The maximum absolute atomic E-state index is 14.1. The van der Waals surface area contributed by atoms with E-state index in [1.54, 1.807) is 14.0 Å². The highest BCUT2D eigenvalue weighted by Gasteiger charge is 2.51. The smallest absolute Gasteiger partial charge is 0.375 e. The van der Waals surface area contributed by atoms with Crippen LogP contribution in [0.15, 0.2) is 41.3 Å². The summed E-state index contributed by atoms with van der Waals surface area (Å²) < 4.78 is 31.0. The Morgan fingerprint density at radius 1 is 1.03 bits per heavy atom. The van der Waals surface area contributed by atoms with Crippen LogP contribution in [-0.2, 0) is 43.3 Å². The molecule has 3 aromatic rings. The molecule has 0 amide bonds. The predicted octanol–water partition coefficient (Wildman–Crippen LogP) is 5.24. The molecule has 0 spiro atoms. The van der Waals surface area contributed by atoms with Gasteiger partial charge in [0.2, 0.25) is 5.76 Å². The number of allylic oxidation sites excluding steroid dienone is 3. The number of H-pyrrole nitrogens is 1. The van der Waals surface area contributed by atoms with Gasteiger partial charge in [0.05, 0.1) is 36.5 Å². The number of Topliss-reactive ketones (excluding diaryl/α,β-unsaturated/α-hetero) is 1. The van der Waals surface area contributed by atoms with Gasteiger partial charge in [-0.2, -0.15) is 0 Å². The van der Waals surface area contributed by atoms with Gasteiger partial charge in [0.15, 0.2) is 6.29 Å². The molecule has 1 saturated carbocycles. The summed E-state index contributed by atoms with van der Waals surface area (Å²) >= 11 is 0. The summed E-state index contributed by atoms with van der Waals surface area (Å²) in [4.78, 5) is 47.0. The van der Waals surface area contributed by atoms with E-state index in [0.29, 0.717) is 73.9 Å². The SMILES string of the molecule is CCOC(=O)C1=C(C=O)/C2=C3\CCC(=O)[C@H](C3)c3cc4cc[nH]c4cc3CC[C@@H](CO)COc3c4c(c(CO)c(c32)O1)O[C@H]([C@@](O)(CCCCO)C1CCN(CCCOC)CC1)C4. The molecule has 5 aliphatic rings. The van der Waals surface area contributed by atoms with Gasteiger partial charge in [0.25, 0.3) is 0 Å². The number of methoxy groups -OCH3 is 1. The number of ketones is 1. The van der Waals surface area contributed by atoms with Crippen molar-refractivity contribution in [3.05, 3.63) is 69.1 Å². The van der Waals surface area contributed by atoms with E-state index in [0.717, 1.165) is 66.5 Å². The number of benzene rings is 2. The van der Waals surface area contributed by atoms with Crippen molar-refractivity contribution in [1.82, 2.24) is 9.88 Å². The summed E-state index contributed by atoms with van der Waals surface area (Å²) in [6.07, 6.45) is 7.56. The quantitative estimate of drug-likeness (QED) is 0.0757. The van der Waals surface area contributed by atoms with E-state index in [1.807, 2.05) is 12.3 Å². The van der Waals surface area contributed by atoms with E-state index in [4.69, 9.17) is 23.7 Å². The zero-order valence-corrected chi connectivity index (χ0v) is 36.5. The lowest BCUT2D eigenvalue weighted by Crippen LogP contribution is -2.54. The van der Waals surface area contributed by atoms with E-state index in [2.05, 4.69) is 22.0 Å². The van der Waals surface area contributed by atoms with E-state index >= 15 is 0 Å². The van der Waals surface area contributed by atoms with Crippen LogP contribution in [-0.4, -0.2) is 120 Å². The summed E-state index contributed by atoms with van der Waals surface area (Å²) in [5, 5.41) is 45.9. The number of hydrogen-bond acceptors (Lipinski definition) is 13. The Morgan fingerprint density at radius 3 is 2.59 bits per heavy atom. The molecule has 0 unspecified atom stereocenters. The molecule has 5 heterocycles. The molecule has 4 aliphatic heterocycles. The number of carbonyl (C=O) groups excluding carboxylic acids is 3. The van der Waals surface area contributed by atoms with Crippen molar-refractivity contribution in [1.29, 1.82) is 0 Å². The van der Waals surface area contributed by atoms with Crippen LogP contribution in [0.3, 0.4) is 0 Å². The third-order valence-electron chi connectivity index (χ3n) is 14.2. The van der Waals surface area contributed by atoms with Crippen molar-refractivity contribution in [2.75, 3.05) is 59.8 Å². The predicted molar refractivity (Wildman–Crippen MR) is 234 cm³/mol. The molecule has 0 radical (unpaired) electrons. The number of ether oxygens (including phenoxy) is 5.